The minimum absolute atomic E-state index is 0.0578. The van der Waals surface area contributed by atoms with E-state index in [1.807, 2.05) is 54.6 Å². The molecule has 1 aliphatic rings. The second kappa shape index (κ2) is 7.53. The van der Waals surface area contributed by atoms with Crippen LogP contribution in [0, 0.1) is 0 Å². The van der Waals surface area contributed by atoms with Crippen LogP contribution in [0.2, 0.25) is 0 Å². The Bertz CT molecular complexity index is 813. The first-order valence-electron chi connectivity index (χ1n) is 8.26. The van der Waals surface area contributed by atoms with Crippen LogP contribution in [0.4, 0.5) is 5.69 Å². The summed E-state index contributed by atoms with van der Waals surface area (Å²) in [7, 11) is 0. The fraction of sp³-hybridized carbons (Fsp3) is 0.200. The third-order valence-corrected chi connectivity index (χ3v) is 4.56. The molecule has 3 rings (SSSR count). The monoisotopic (exact) mass is 354 g/mol. The van der Waals surface area contributed by atoms with Crippen LogP contribution in [-0.4, -0.2) is 23.3 Å². The fourth-order valence-electron chi connectivity index (χ4n) is 2.71. The Hall–Kier alpha value is -2.59. The Morgan fingerprint density at radius 2 is 1.60 bits per heavy atom. The quantitative estimate of drug-likeness (QED) is 0.804. The molecule has 0 spiro atoms. The lowest BCUT2D eigenvalue weighted by molar-refractivity contribution is -0.137. The summed E-state index contributed by atoms with van der Waals surface area (Å²) in [5.41, 5.74) is 3.14. The van der Waals surface area contributed by atoms with Crippen molar-refractivity contribution in [1.82, 2.24) is 4.90 Å². The molecule has 0 radical (unpaired) electrons. The molecule has 25 heavy (non-hydrogen) atoms. The molecule has 1 N–H and O–H groups in total. The van der Waals surface area contributed by atoms with Gasteiger partial charge in [0.05, 0.1) is 0 Å². The lowest BCUT2D eigenvalue weighted by Crippen LogP contribution is -2.34. The number of aryl methyl sites for hydroxylation is 1. The van der Waals surface area contributed by atoms with Gasteiger partial charge in [0, 0.05) is 12.2 Å². The van der Waals surface area contributed by atoms with Crippen molar-refractivity contribution in [3.63, 3.8) is 0 Å². The van der Waals surface area contributed by atoms with Crippen molar-refractivity contribution in [1.29, 1.82) is 0 Å². The molecule has 2 aromatic rings. The van der Waals surface area contributed by atoms with Crippen LogP contribution in [0.5, 0.6) is 0 Å². The Labute approximate surface area is 152 Å². The molecule has 0 aliphatic carbocycles. The SMILES string of the molecule is CCc1ccc(NC2=C(Cl)C(=O)N(CCc3ccccc3)C2=O)cc1. The summed E-state index contributed by atoms with van der Waals surface area (Å²) in [6.45, 7) is 2.38. The first-order chi connectivity index (χ1) is 12.1. The average Bonchev–Trinajstić information content (AvgIpc) is 2.85. The maximum absolute atomic E-state index is 12.6. The fourth-order valence-corrected chi connectivity index (χ4v) is 2.94. The van der Waals surface area contributed by atoms with Crippen molar-refractivity contribution in [2.24, 2.45) is 0 Å². The van der Waals surface area contributed by atoms with Crippen LogP contribution in [0.15, 0.2) is 65.3 Å². The lowest BCUT2D eigenvalue weighted by atomic mass is 10.1. The van der Waals surface area contributed by atoms with Crippen molar-refractivity contribution in [3.05, 3.63) is 76.5 Å². The van der Waals surface area contributed by atoms with Gasteiger partial charge in [-0.1, -0.05) is 61.0 Å². The normalized spacial score (nSPS) is 14.4. The highest BCUT2D eigenvalue weighted by molar-refractivity contribution is 6.48. The van der Waals surface area contributed by atoms with Crippen molar-refractivity contribution < 1.29 is 9.59 Å². The van der Waals surface area contributed by atoms with Crippen LogP contribution in [-0.2, 0) is 22.4 Å². The predicted molar refractivity (Wildman–Crippen MR) is 99.2 cm³/mol. The molecule has 0 atom stereocenters. The van der Waals surface area contributed by atoms with Gasteiger partial charge in [0.2, 0.25) is 0 Å². The Balaban J connectivity index is 1.70. The number of imide groups is 1. The van der Waals surface area contributed by atoms with E-state index in [4.69, 9.17) is 11.6 Å². The van der Waals surface area contributed by atoms with E-state index in [1.54, 1.807) is 0 Å². The van der Waals surface area contributed by atoms with Crippen molar-refractivity contribution in [3.8, 4) is 0 Å². The molecule has 1 heterocycles. The molecule has 0 aromatic heterocycles. The summed E-state index contributed by atoms with van der Waals surface area (Å²) in [6, 6.07) is 17.4. The Morgan fingerprint density at radius 3 is 2.24 bits per heavy atom. The zero-order chi connectivity index (χ0) is 17.8. The number of benzene rings is 2. The van der Waals surface area contributed by atoms with Crippen molar-refractivity contribution >= 4 is 29.1 Å². The van der Waals surface area contributed by atoms with E-state index in [2.05, 4.69) is 12.2 Å². The first kappa shape index (κ1) is 17.2. The number of carbonyl (C=O) groups excluding carboxylic acids is 2. The van der Waals surface area contributed by atoms with E-state index < -0.39 is 5.91 Å². The predicted octanol–water partition coefficient (Wildman–Crippen LogP) is 3.72. The molecule has 1 aliphatic heterocycles. The van der Waals surface area contributed by atoms with Gasteiger partial charge in [-0.2, -0.15) is 0 Å². The molecule has 5 heteroatoms. The van der Waals surface area contributed by atoms with Crippen LogP contribution in [0.1, 0.15) is 18.1 Å². The number of amides is 2. The number of hydrogen-bond donors (Lipinski definition) is 1. The molecular formula is C20H19ClN2O2. The summed E-state index contributed by atoms with van der Waals surface area (Å²) in [4.78, 5) is 26.1. The minimum Gasteiger partial charge on any atom is -0.350 e. The second-order valence-electron chi connectivity index (χ2n) is 5.86. The maximum Gasteiger partial charge on any atom is 0.278 e. The molecule has 0 bridgehead atoms. The Morgan fingerprint density at radius 1 is 0.920 bits per heavy atom. The van der Waals surface area contributed by atoms with Gasteiger partial charge in [-0.3, -0.25) is 14.5 Å². The third-order valence-electron chi connectivity index (χ3n) is 4.21. The van der Waals surface area contributed by atoms with Crippen LogP contribution in [0.3, 0.4) is 0 Å². The van der Waals surface area contributed by atoms with Gasteiger partial charge in [0.1, 0.15) is 10.7 Å². The average molecular weight is 355 g/mol. The van der Waals surface area contributed by atoms with Crippen LogP contribution in [0.25, 0.3) is 0 Å². The lowest BCUT2D eigenvalue weighted by Gasteiger charge is -2.15. The number of rotatable bonds is 6. The molecule has 2 aromatic carbocycles. The molecule has 0 saturated heterocycles. The topological polar surface area (TPSA) is 49.4 Å². The highest BCUT2D eigenvalue weighted by Crippen LogP contribution is 2.26. The summed E-state index contributed by atoms with van der Waals surface area (Å²) in [5.74, 6) is -0.833. The number of hydrogen-bond acceptors (Lipinski definition) is 3. The Kier molecular flexibility index (Phi) is 5.19. The van der Waals surface area contributed by atoms with E-state index in [0.29, 0.717) is 13.0 Å². The van der Waals surface area contributed by atoms with Crippen LogP contribution < -0.4 is 5.32 Å². The highest BCUT2D eigenvalue weighted by Gasteiger charge is 2.37. The highest BCUT2D eigenvalue weighted by atomic mass is 35.5. The van der Waals surface area contributed by atoms with Gasteiger partial charge in [-0.25, -0.2) is 0 Å². The van der Waals surface area contributed by atoms with E-state index >= 15 is 0 Å². The molecule has 4 nitrogen and oxygen atoms in total. The summed E-state index contributed by atoms with van der Waals surface area (Å²) in [6.07, 6.45) is 1.54. The number of halogens is 1. The van der Waals surface area contributed by atoms with Gasteiger partial charge >= 0.3 is 0 Å². The summed E-state index contributed by atoms with van der Waals surface area (Å²) < 4.78 is 0. The largest absolute Gasteiger partial charge is 0.350 e. The zero-order valence-corrected chi connectivity index (χ0v) is 14.7. The molecular weight excluding hydrogens is 336 g/mol. The first-order valence-corrected chi connectivity index (χ1v) is 8.63. The second-order valence-corrected chi connectivity index (χ2v) is 6.24. The molecule has 0 saturated carbocycles. The third kappa shape index (κ3) is 3.74. The van der Waals surface area contributed by atoms with Gasteiger partial charge in [0.25, 0.3) is 11.8 Å². The zero-order valence-electron chi connectivity index (χ0n) is 14.0. The summed E-state index contributed by atoms with van der Waals surface area (Å²) in [5, 5.41) is 2.93. The summed E-state index contributed by atoms with van der Waals surface area (Å²) >= 11 is 6.11. The molecule has 128 valence electrons. The molecule has 0 fully saturated rings. The van der Waals surface area contributed by atoms with Crippen molar-refractivity contribution in [2.45, 2.75) is 19.8 Å². The van der Waals surface area contributed by atoms with Gasteiger partial charge in [0.15, 0.2) is 0 Å². The van der Waals surface area contributed by atoms with Gasteiger partial charge in [-0.15, -0.1) is 0 Å². The van der Waals surface area contributed by atoms with E-state index in [-0.39, 0.29) is 16.6 Å². The number of carbonyl (C=O) groups is 2. The van der Waals surface area contributed by atoms with E-state index in [9.17, 15) is 9.59 Å². The van der Waals surface area contributed by atoms with Gasteiger partial charge < -0.3 is 5.32 Å². The molecule has 0 unspecified atom stereocenters. The molecule has 2 amide bonds. The number of nitrogens with zero attached hydrogens (tertiary/aromatic N) is 1. The maximum atomic E-state index is 12.6. The van der Waals surface area contributed by atoms with Gasteiger partial charge in [-0.05, 0) is 36.1 Å². The van der Waals surface area contributed by atoms with Crippen molar-refractivity contribution in [2.75, 3.05) is 11.9 Å². The minimum atomic E-state index is -0.449. The smallest absolute Gasteiger partial charge is 0.278 e. The number of anilines is 1. The number of nitrogens with one attached hydrogen (secondary N) is 1. The van der Waals surface area contributed by atoms with Crippen LogP contribution >= 0.6 is 11.6 Å². The van der Waals surface area contributed by atoms with E-state index in [1.165, 1.54) is 10.5 Å². The standard InChI is InChI=1S/C20H19ClN2O2/c1-2-14-8-10-16(11-9-14)22-18-17(21)19(24)23(20(18)25)13-12-15-6-4-3-5-7-15/h3-11,22H,2,12-13H2,1H3. The van der Waals surface area contributed by atoms with E-state index in [0.717, 1.165) is 17.7 Å².